The molecule has 2 aromatic rings. The van der Waals surface area contributed by atoms with Gasteiger partial charge in [-0.1, -0.05) is 48.0 Å². The molecule has 0 aromatic heterocycles. The van der Waals surface area contributed by atoms with Crippen LogP contribution in [0.2, 0.25) is 0 Å². The molecule has 0 radical (unpaired) electrons. The second kappa shape index (κ2) is 6.43. The summed E-state index contributed by atoms with van der Waals surface area (Å²) in [5, 5.41) is -0.558. The lowest BCUT2D eigenvalue weighted by Gasteiger charge is -2.16. The maximum atomic E-state index is 12.3. The quantitative estimate of drug-likeness (QED) is 0.832. The minimum Gasteiger partial charge on any atom is -0.285 e. The molecule has 0 amide bonds. The van der Waals surface area contributed by atoms with Gasteiger partial charge in [0.1, 0.15) is 6.04 Å². The van der Waals surface area contributed by atoms with Gasteiger partial charge in [-0.25, -0.2) is 8.42 Å². The molecule has 2 aromatic carbocycles. The number of sulfonamides is 1. The lowest BCUT2D eigenvalue weighted by atomic mass is 10.1. The fraction of sp³-hybridized carbons (Fsp3) is 0.133. The molecule has 2 rings (SSSR count). The highest BCUT2D eigenvalue weighted by Crippen LogP contribution is 2.19. The van der Waals surface area contributed by atoms with Crippen molar-refractivity contribution in [2.45, 2.75) is 17.9 Å². The van der Waals surface area contributed by atoms with Gasteiger partial charge in [-0.15, -0.1) is 12.6 Å². The molecule has 21 heavy (non-hydrogen) atoms. The average Bonchev–Trinajstić information content (AvgIpc) is 2.46. The van der Waals surface area contributed by atoms with Crippen molar-refractivity contribution < 1.29 is 13.2 Å². The van der Waals surface area contributed by atoms with Crippen molar-refractivity contribution in [3.8, 4) is 0 Å². The summed E-state index contributed by atoms with van der Waals surface area (Å²) >= 11 is 3.78. The van der Waals surface area contributed by atoms with Gasteiger partial charge in [-0.05, 0) is 24.6 Å². The van der Waals surface area contributed by atoms with E-state index in [0.717, 1.165) is 5.56 Å². The van der Waals surface area contributed by atoms with Crippen LogP contribution in [0.4, 0.5) is 0 Å². The van der Waals surface area contributed by atoms with Crippen LogP contribution in [0.15, 0.2) is 59.5 Å². The monoisotopic (exact) mass is 321 g/mol. The normalized spacial score (nSPS) is 12.9. The molecule has 0 saturated carbocycles. The molecule has 0 aliphatic rings. The number of hydrogen-bond donors (Lipinski definition) is 2. The lowest BCUT2D eigenvalue weighted by Crippen LogP contribution is -2.32. The van der Waals surface area contributed by atoms with Crippen molar-refractivity contribution in [1.82, 2.24) is 4.72 Å². The summed E-state index contributed by atoms with van der Waals surface area (Å²) in [6.45, 7) is 1.87. The smallest absolute Gasteiger partial charge is 0.241 e. The first-order valence-electron chi connectivity index (χ1n) is 6.27. The molecule has 4 nitrogen and oxygen atoms in total. The average molecular weight is 321 g/mol. The lowest BCUT2D eigenvalue weighted by molar-refractivity contribution is -0.112. The van der Waals surface area contributed by atoms with Crippen LogP contribution in [0.1, 0.15) is 17.2 Å². The van der Waals surface area contributed by atoms with E-state index in [-0.39, 0.29) is 4.90 Å². The molecule has 110 valence electrons. The van der Waals surface area contributed by atoms with E-state index in [1.165, 1.54) is 12.1 Å². The zero-order chi connectivity index (χ0) is 15.5. The molecule has 0 bridgehead atoms. The Morgan fingerprint density at radius 3 is 2.14 bits per heavy atom. The number of carbonyl (C=O) groups is 1. The molecule has 0 aliphatic heterocycles. The van der Waals surface area contributed by atoms with Crippen LogP contribution in [0, 0.1) is 6.92 Å². The van der Waals surface area contributed by atoms with Gasteiger partial charge in [-0.2, -0.15) is 4.72 Å². The van der Waals surface area contributed by atoms with Crippen molar-refractivity contribution in [2.24, 2.45) is 0 Å². The number of thiol groups is 1. The van der Waals surface area contributed by atoms with E-state index in [0.29, 0.717) is 5.56 Å². The minimum atomic E-state index is -3.79. The maximum absolute atomic E-state index is 12.3. The Bertz CT molecular complexity index is 725. The van der Waals surface area contributed by atoms with E-state index in [1.807, 2.05) is 6.92 Å². The largest absolute Gasteiger partial charge is 0.285 e. The Morgan fingerprint density at radius 1 is 1.05 bits per heavy atom. The highest BCUT2D eigenvalue weighted by Gasteiger charge is 2.25. The van der Waals surface area contributed by atoms with E-state index in [2.05, 4.69) is 17.4 Å². The summed E-state index contributed by atoms with van der Waals surface area (Å²) in [6, 6.07) is 14.0. The summed E-state index contributed by atoms with van der Waals surface area (Å²) in [5.41, 5.74) is 1.51. The van der Waals surface area contributed by atoms with Gasteiger partial charge in [0.2, 0.25) is 15.1 Å². The summed E-state index contributed by atoms with van der Waals surface area (Å²) in [6.07, 6.45) is 0. The highest BCUT2D eigenvalue weighted by atomic mass is 32.2. The summed E-state index contributed by atoms with van der Waals surface area (Å²) in [5.74, 6) is 0. The third kappa shape index (κ3) is 3.93. The fourth-order valence-corrected chi connectivity index (χ4v) is 3.33. The molecule has 0 saturated heterocycles. The van der Waals surface area contributed by atoms with Crippen molar-refractivity contribution in [2.75, 3.05) is 0 Å². The summed E-state index contributed by atoms with van der Waals surface area (Å²) in [7, 11) is -3.79. The first kappa shape index (κ1) is 15.8. The third-order valence-corrected chi connectivity index (χ3v) is 4.68. The highest BCUT2D eigenvalue weighted by molar-refractivity contribution is 7.97. The van der Waals surface area contributed by atoms with Crippen LogP contribution in [-0.2, 0) is 14.8 Å². The number of aryl methyl sites for hydroxylation is 1. The molecule has 1 atom stereocenters. The van der Waals surface area contributed by atoms with Crippen LogP contribution >= 0.6 is 12.6 Å². The fourth-order valence-electron chi connectivity index (χ4n) is 1.85. The van der Waals surface area contributed by atoms with Gasteiger partial charge in [0, 0.05) is 0 Å². The Morgan fingerprint density at radius 2 is 1.62 bits per heavy atom. The molecule has 1 N–H and O–H groups in total. The van der Waals surface area contributed by atoms with Crippen molar-refractivity contribution in [1.29, 1.82) is 0 Å². The molecule has 6 heteroatoms. The van der Waals surface area contributed by atoms with Gasteiger partial charge >= 0.3 is 0 Å². The number of benzene rings is 2. The molecule has 0 heterocycles. The van der Waals surface area contributed by atoms with Crippen LogP contribution in [0.25, 0.3) is 0 Å². The van der Waals surface area contributed by atoms with Crippen LogP contribution in [0.3, 0.4) is 0 Å². The Labute approximate surface area is 129 Å². The van der Waals surface area contributed by atoms with E-state index in [9.17, 15) is 13.2 Å². The Hall–Kier alpha value is -1.63. The molecule has 0 fully saturated rings. The predicted octanol–water partition coefficient (Wildman–Crippen LogP) is 2.47. The second-order valence-corrected chi connectivity index (χ2v) is 6.77. The van der Waals surface area contributed by atoms with Crippen LogP contribution < -0.4 is 4.72 Å². The van der Waals surface area contributed by atoms with E-state index in [4.69, 9.17) is 0 Å². The Kier molecular flexibility index (Phi) is 4.82. The van der Waals surface area contributed by atoms with Gasteiger partial charge in [0.25, 0.3) is 0 Å². The number of nitrogens with one attached hydrogen (secondary N) is 1. The van der Waals surface area contributed by atoms with Gasteiger partial charge < -0.3 is 0 Å². The van der Waals surface area contributed by atoms with Crippen molar-refractivity contribution in [3.05, 3.63) is 65.7 Å². The predicted molar refractivity (Wildman–Crippen MR) is 84.7 cm³/mol. The molecular formula is C15H15NO3S2. The zero-order valence-corrected chi connectivity index (χ0v) is 13.1. The van der Waals surface area contributed by atoms with Gasteiger partial charge in [0.15, 0.2) is 0 Å². The summed E-state index contributed by atoms with van der Waals surface area (Å²) in [4.78, 5) is 11.8. The molecule has 0 aliphatic carbocycles. The number of carbonyl (C=O) groups excluding carboxylic acids is 1. The topological polar surface area (TPSA) is 63.2 Å². The van der Waals surface area contributed by atoms with E-state index in [1.54, 1.807) is 42.5 Å². The van der Waals surface area contributed by atoms with Crippen molar-refractivity contribution in [3.63, 3.8) is 0 Å². The SMILES string of the molecule is Cc1ccc(S(=O)(=O)NC(C(=O)S)c2ccccc2)cc1. The standard InChI is InChI=1S/C15H15NO3S2/c1-11-7-9-13(10-8-11)21(18,19)16-14(15(17)20)12-5-3-2-4-6-12/h2-10,14,16H,1H3,(H,17,20). The first-order chi connectivity index (χ1) is 9.90. The molecule has 0 spiro atoms. The minimum absolute atomic E-state index is 0.114. The Balaban J connectivity index is 2.32. The van der Waals surface area contributed by atoms with Gasteiger partial charge in [-0.3, -0.25) is 4.79 Å². The first-order valence-corrected chi connectivity index (χ1v) is 8.20. The molecular weight excluding hydrogens is 306 g/mol. The zero-order valence-electron chi connectivity index (χ0n) is 11.4. The number of rotatable bonds is 5. The third-order valence-electron chi connectivity index (χ3n) is 2.98. The van der Waals surface area contributed by atoms with E-state index < -0.39 is 21.2 Å². The molecule has 1 unspecified atom stereocenters. The van der Waals surface area contributed by atoms with Crippen molar-refractivity contribution >= 4 is 27.8 Å². The van der Waals surface area contributed by atoms with Gasteiger partial charge in [0.05, 0.1) is 4.90 Å². The van der Waals surface area contributed by atoms with Crippen LogP contribution in [0.5, 0.6) is 0 Å². The van der Waals surface area contributed by atoms with E-state index >= 15 is 0 Å². The second-order valence-electron chi connectivity index (χ2n) is 4.62. The number of hydrogen-bond acceptors (Lipinski definition) is 3. The van der Waals surface area contributed by atoms with Crippen LogP contribution in [-0.4, -0.2) is 13.5 Å². The maximum Gasteiger partial charge on any atom is 0.241 e. The summed E-state index contributed by atoms with van der Waals surface area (Å²) < 4.78 is 27.1.